The number of benzene rings is 2. The van der Waals surface area contributed by atoms with Gasteiger partial charge in [-0.1, -0.05) is 0 Å². The molecular formula is C23H29N5O4S. The van der Waals surface area contributed by atoms with E-state index < -0.39 is 10.0 Å². The Balaban J connectivity index is 1.79. The molecule has 2 aromatic carbocycles. The van der Waals surface area contributed by atoms with E-state index in [0.717, 1.165) is 23.7 Å². The van der Waals surface area contributed by atoms with Crippen molar-refractivity contribution in [1.82, 2.24) is 9.97 Å². The fraction of sp³-hybridized carbons (Fsp3) is 0.304. The molecule has 3 rings (SSSR count). The Morgan fingerprint density at radius 1 is 0.879 bits per heavy atom. The number of aromatic nitrogens is 2. The zero-order valence-electron chi connectivity index (χ0n) is 19.2. The van der Waals surface area contributed by atoms with Crippen LogP contribution in [0.4, 0.5) is 23.1 Å². The maximum Gasteiger partial charge on any atom is 0.265 e. The summed E-state index contributed by atoms with van der Waals surface area (Å²) < 4.78 is 39.7. The number of nitrogens with one attached hydrogen (secondary N) is 3. The molecule has 0 radical (unpaired) electrons. The van der Waals surface area contributed by atoms with E-state index in [-0.39, 0.29) is 10.6 Å². The monoisotopic (exact) mass is 471 g/mol. The van der Waals surface area contributed by atoms with Gasteiger partial charge in [0.2, 0.25) is 5.95 Å². The largest absolute Gasteiger partial charge is 0.494 e. The maximum absolute atomic E-state index is 13.1. The van der Waals surface area contributed by atoms with E-state index >= 15 is 0 Å². The van der Waals surface area contributed by atoms with E-state index in [9.17, 15) is 8.42 Å². The number of nitrogens with zero attached hydrogens (tertiary/aromatic N) is 2. The molecule has 0 atom stereocenters. The molecule has 0 spiro atoms. The summed E-state index contributed by atoms with van der Waals surface area (Å²) in [4.78, 5) is 8.82. The first-order valence-corrected chi connectivity index (χ1v) is 12.2. The first kappa shape index (κ1) is 24.1. The first-order chi connectivity index (χ1) is 15.8. The molecule has 3 aromatic rings. The minimum absolute atomic E-state index is 0.0154. The molecule has 0 fully saturated rings. The molecule has 0 aliphatic heterocycles. The van der Waals surface area contributed by atoms with Gasteiger partial charge >= 0.3 is 0 Å². The van der Waals surface area contributed by atoms with Crippen molar-refractivity contribution in [2.45, 2.75) is 32.6 Å². The fourth-order valence-corrected chi connectivity index (χ4v) is 4.31. The lowest BCUT2D eigenvalue weighted by Crippen LogP contribution is -2.15. The maximum atomic E-state index is 13.1. The average Bonchev–Trinajstić information content (AvgIpc) is 2.76. The summed E-state index contributed by atoms with van der Waals surface area (Å²) in [6, 6.07) is 13.4. The van der Waals surface area contributed by atoms with Crippen LogP contribution in [0.3, 0.4) is 0 Å². The van der Waals surface area contributed by atoms with E-state index in [0.29, 0.717) is 30.6 Å². The van der Waals surface area contributed by atoms with Crippen molar-refractivity contribution in [2.75, 3.05) is 35.1 Å². The van der Waals surface area contributed by atoms with Crippen LogP contribution in [0, 0.1) is 6.92 Å². The Kier molecular flexibility index (Phi) is 7.94. The summed E-state index contributed by atoms with van der Waals surface area (Å²) in [5.74, 6) is 1.90. The highest BCUT2D eigenvalue weighted by molar-refractivity contribution is 7.92. The van der Waals surface area contributed by atoms with E-state index in [2.05, 4.69) is 25.3 Å². The van der Waals surface area contributed by atoms with Gasteiger partial charge in [-0.2, -0.15) is 4.98 Å². The molecule has 10 heteroatoms. The van der Waals surface area contributed by atoms with Gasteiger partial charge in [0.1, 0.15) is 22.2 Å². The Labute approximate surface area is 194 Å². The Morgan fingerprint density at radius 3 is 2.24 bits per heavy atom. The Hall–Kier alpha value is -3.53. The van der Waals surface area contributed by atoms with Gasteiger partial charge in [-0.25, -0.2) is 13.4 Å². The first-order valence-electron chi connectivity index (χ1n) is 10.7. The van der Waals surface area contributed by atoms with Crippen LogP contribution >= 0.6 is 0 Å². The van der Waals surface area contributed by atoms with Gasteiger partial charge in [-0.15, -0.1) is 0 Å². The molecule has 176 valence electrons. The number of rotatable bonds is 11. The second kappa shape index (κ2) is 10.9. The summed E-state index contributed by atoms with van der Waals surface area (Å²) in [5, 5.41) is 6.30. The van der Waals surface area contributed by atoms with Crippen molar-refractivity contribution >= 4 is 33.2 Å². The summed E-state index contributed by atoms with van der Waals surface area (Å²) in [6.07, 6.45) is 0. The third-order valence-corrected chi connectivity index (χ3v) is 5.82. The normalized spacial score (nSPS) is 11.0. The lowest BCUT2D eigenvalue weighted by molar-refractivity contribution is 0.322. The number of hydrogen-bond donors (Lipinski definition) is 3. The molecule has 0 amide bonds. The molecule has 33 heavy (non-hydrogen) atoms. The van der Waals surface area contributed by atoms with Crippen LogP contribution < -0.4 is 24.8 Å². The Morgan fingerprint density at radius 2 is 1.58 bits per heavy atom. The van der Waals surface area contributed by atoms with Crippen molar-refractivity contribution in [3.05, 3.63) is 54.2 Å². The molecule has 0 aliphatic carbocycles. The van der Waals surface area contributed by atoms with Gasteiger partial charge in [0.15, 0.2) is 0 Å². The second-order valence-corrected chi connectivity index (χ2v) is 8.68. The van der Waals surface area contributed by atoms with Crippen molar-refractivity contribution < 1.29 is 17.9 Å². The Bertz CT molecular complexity index is 1180. The van der Waals surface area contributed by atoms with Crippen LogP contribution in [-0.2, 0) is 10.0 Å². The quantitative estimate of drug-likeness (QED) is 0.373. The van der Waals surface area contributed by atoms with Gasteiger partial charge in [0.05, 0.1) is 13.2 Å². The van der Waals surface area contributed by atoms with Crippen LogP contribution in [-0.4, -0.2) is 38.1 Å². The molecule has 0 bridgehead atoms. The van der Waals surface area contributed by atoms with Gasteiger partial charge in [0.25, 0.3) is 10.0 Å². The van der Waals surface area contributed by atoms with E-state index in [1.165, 1.54) is 6.07 Å². The zero-order valence-corrected chi connectivity index (χ0v) is 20.0. The third kappa shape index (κ3) is 6.48. The predicted octanol–water partition coefficient (Wildman–Crippen LogP) is 4.56. The molecule has 0 saturated heterocycles. The van der Waals surface area contributed by atoms with Crippen LogP contribution in [0.15, 0.2) is 53.4 Å². The second-order valence-electron chi connectivity index (χ2n) is 7.03. The van der Waals surface area contributed by atoms with Crippen molar-refractivity contribution in [1.29, 1.82) is 0 Å². The number of hydrogen-bond acceptors (Lipinski definition) is 8. The van der Waals surface area contributed by atoms with Crippen LogP contribution in [0.5, 0.6) is 11.5 Å². The molecule has 0 aliphatic rings. The molecule has 3 N–H and O–H groups in total. The number of anilines is 4. The zero-order chi connectivity index (χ0) is 23.8. The molecule has 1 aromatic heterocycles. The number of sulfonamides is 1. The lowest BCUT2D eigenvalue weighted by atomic mass is 10.3. The standard InChI is InChI=1S/C23H29N5O4S/c1-5-24-22-14-16(4)25-23(27-22)26-17-8-10-18(11-9-17)28-33(29,30)21-15-19(31-6-2)12-13-20(21)32-7-3/h8-15,28H,5-7H2,1-4H3,(H2,24,25,26,27). The van der Waals surface area contributed by atoms with Crippen LogP contribution in [0.2, 0.25) is 0 Å². The summed E-state index contributed by atoms with van der Waals surface area (Å²) in [5.41, 5.74) is 1.95. The smallest absolute Gasteiger partial charge is 0.265 e. The van der Waals surface area contributed by atoms with E-state index in [4.69, 9.17) is 9.47 Å². The summed E-state index contributed by atoms with van der Waals surface area (Å²) >= 11 is 0. The van der Waals surface area contributed by atoms with Gasteiger partial charge < -0.3 is 20.1 Å². The highest BCUT2D eigenvalue weighted by Crippen LogP contribution is 2.30. The molecule has 0 unspecified atom stereocenters. The summed E-state index contributed by atoms with van der Waals surface area (Å²) in [7, 11) is -3.90. The van der Waals surface area contributed by atoms with Gasteiger partial charge in [-0.3, -0.25) is 4.72 Å². The van der Waals surface area contributed by atoms with Gasteiger partial charge in [0, 0.05) is 35.7 Å². The van der Waals surface area contributed by atoms with E-state index in [1.807, 2.05) is 26.8 Å². The predicted molar refractivity (Wildman–Crippen MR) is 130 cm³/mol. The van der Waals surface area contributed by atoms with Crippen molar-refractivity contribution in [3.63, 3.8) is 0 Å². The number of ether oxygens (including phenoxy) is 2. The molecule has 1 heterocycles. The molecule has 9 nitrogen and oxygen atoms in total. The highest BCUT2D eigenvalue weighted by atomic mass is 32.2. The third-order valence-electron chi connectivity index (χ3n) is 4.42. The SMILES string of the molecule is CCNc1cc(C)nc(Nc2ccc(NS(=O)(=O)c3cc(OCC)ccc3OCC)cc2)n1. The lowest BCUT2D eigenvalue weighted by Gasteiger charge is -2.14. The topological polar surface area (TPSA) is 114 Å². The van der Waals surface area contributed by atoms with Crippen LogP contribution in [0.25, 0.3) is 0 Å². The minimum Gasteiger partial charge on any atom is -0.494 e. The van der Waals surface area contributed by atoms with E-state index in [1.54, 1.807) is 43.3 Å². The molecular weight excluding hydrogens is 442 g/mol. The fourth-order valence-electron chi connectivity index (χ4n) is 3.09. The highest BCUT2D eigenvalue weighted by Gasteiger charge is 2.21. The van der Waals surface area contributed by atoms with Crippen LogP contribution in [0.1, 0.15) is 26.5 Å². The van der Waals surface area contributed by atoms with Crippen molar-refractivity contribution in [3.8, 4) is 11.5 Å². The number of aryl methyl sites for hydroxylation is 1. The van der Waals surface area contributed by atoms with Crippen molar-refractivity contribution in [2.24, 2.45) is 0 Å². The molecule has 0 saturated carbocycles. The van der Waals surface area contributed by atoms with Gasteiger partial charge in [-0.05, 0) is 64.1 Å². The average molecular weight is 472 g/mol. The summed E-state index contributed by atoms with van der Waals surface area (Å²) in [6.45, 7) is 9.04. The minimum atomic E-state index is -3.90.